The van der Waals surface area contributed by atoms with Gasteiger partial charge < -0.3 is 20.3 Å². The molecule has 4 rings (SSSR count). The smallest absolute Gasteiger partial charge is 0.408 e. The van der Waals surface area contributed by atoms with Gasteiger partial charge in [-0.1, -0.05) is 42.7 Å². The number of ether oxygens (including phenoxy) is 1. The van der Waals surface area contributed by atoms with Crippen LogP contribution in [-0.2, 0) is 29.3 Å². The lowest BCUT2D eigenvalue weighted by molar-refractivity contribution is -0.141. The monoisotopic (exact) mass is 651 g/mol. The Kier molecular flexibility index (Phi) is 10.2. The third-order valence-electron chi connectivity index (χ3n) is 8.08. The second kappa shape index (κ2) is 13.4. The Morgan fingerprint density at radius 2 is 1.89 bits per heavy atom. The number of amides is 4. The zero-order valence-electron chi connectivity index (χ0n) is 25.6. The van der Waals surface area contributed by atoms with E-state index in [0.717, 1.165) is 17.1 Å². The largest absolute Gasteiger partial charge is 0.444 e. The Morgan fingerprint density at radius 3 is 2.59 bits per heavy atom. The van der Waals surface area contributed by atoms with Crippen LogP contribution in [0.4, 0.5) is 10.5 Å². The van der Waals surface area contributed by atoms with Crippen LogP contribution >= 0.6 is 11.6 Å². The number of nitrogens with zero attached hydrogens (tertiary/aromatic N) is 2. The van der Waals surface area contributed by atoms with Crippen molar-refractivity contribution < 1.29 is 32.3 Å². The van der Waals surface area contributed by atoms with Crippen molar-refractivity contribution in [2.24, 2.45) is 5.92 Å². The lowest BCUT2D eigenvalue weighted by Crippen LogP contribution is -2.59. The number of allylic oxidation sites excluding steroid dienone is 1. The number of hydrogen-bond donors (Lipinski definition) is 3. The summed E-state index contributed by atoms with van der Waals surface area (Å²) in [6.45, 7) is 5.51. The highest BCUT2D eigenvalue weighted by molar-refractivity contribution is 7.91. The quantitative estimate of drug-likeness (QED) is 0.412. The number of nitrogens with one attached hydrogen (secondary N) is 3. The number of benzene rings is 1. The van der Waals surface area contributed by atoms with Crippen molar-refractivity contribution in [2.75, 3.05) is 17.9 Å². The van der Waals surface area contributed by atoms with Gasteiger partial charge in [-0.15, -0.1) is 0 Å². The average Bonchev–Trinajstić information content (AvgIpc) is 3.39. The first kappa shape index (κ1) is 33.6. The van der Waals surface area contributed by atoms with Gasteiger partial charge in [0.1, 0.15) is 23.2 Å². The Balaban J connectivity index is 1.55. The molecular formula is C30H42ClN5O7S. The van der Waals surface area contributed by atoms with Crippen molar-refractivity contribution in [3.8, 4) is 0 Å². The van der Waals surface area contributed by atoms with Gasteiger partial charge in [-0.05, 0) is 77.5 Å². The first-order chi connectivity index (χ1) is 20.6. The molecule has 2 fully saturated rings. The van der Waals surface area contributed by atoms with Gasteiger partial charge >= 0.3 is 16.3 Å². The number of fused-ring (bicyclic) bond motifs is 2. The van der Waals surface area contributed by atoms with Crippen LogP contribution in [0, 0.1) is 5.92 Å². The van der Waals surface area contributed by atoms with Crippen LogP contribution in [-0.4, -0.2) is 73.9 Å². The molecular weight excluding hydrogens is 610 g/mol. The number of alkyl carbamates (subject to hydrolysis) is 1. The van der Waals surface area contributed by atoms with Gasteiger partial charge in [0, 0.05) is 24.5 Å². The normalized spacial score (nSPS) is 27.0. The van der Waals surface area contributed by atoms with Crippen molar-refractivity contribution in [1.82, 2.24) is 20.3 Å². The molecule has 1 aliphatic carbocycles. The Labute approximate surface area is 264 Å². The topological polar surface area (TPSA) is 154 Å². The number of carbonyl (C=O) groups excluding carboxylic acids is 4. The molecule has 3 N–H and O–H groups in total. The predicted octanol–water partition coefficient (Wildman–Crippen LogP) is 3.42. The minimum Gasteiger partial charge on any atom is -0.444 e. The lowest BCUT2D eigenvalue weighted by Gasteiger charge is -2.30. The Bertz CT molecular complexity index is 1410. The molecule has 2 aliphatic heterocycles. The van der Waals surface area contributed by atoms with Crippen LogP contribution in [0.3, 0.4) is 0 Å². The Morgan fingerprint density at radius 1 is 1.14 bits per heavy atom. The van der Waals surface area contributed by atoms with Crippen LogP contribution < -0.4 is 19.7 Å². The number of halogens is 1. The molecule has 0 spiro atoms. The van der Waals surface area contributed by atoms with Crippen LogP contribution in [0.2, 0.25) is 5.02 Å². The predicted molar refractivity (Wildman–Crippen MR) is 166 cm³/mol. The molecule has 14 heteroatoms. The molecule has 4 amide bonds. The van der Waals surface area contributed by atoms with E-state index in [1.165, 1.54) is 18.0 Å². The van der Waals surface area contributed by atoms with E-state index in [9.17, 15) is 27.6 Å². The molecule has 0 unspecified atom stereocenters. The van der Waals surface area contributed by atoms with Gasteiger partial charge in [-0.2, -0.15) is 8.42 Å². The molecule has 0 aromatic heterocycles. The summed E-state index contributed by atoms with van der Waals surface area (Å²) in [7, 11) is -3.05. The molecule has 1 aromatic carbocycles. The van der Waals surface area contributed by atoms with Gasteiger partial charge in [0.15, 0.2) is 0 Å². The standard InChI is InChI=1S/C30H42ClN5O7S/c1-29(2,3)43-28(40)32-23-15-9-7-5-6-8-12-20-19-30(20,33-25(37)24-16-11-17-36(24)26(23)38)27(39)34-44(41,42)35(4)22-14-10-13-21(31)18-22/h8,10,12-14,18,20,23-24H,5-7,9,11,15-17,19H2,1-4H3,(H,32,40)(H,33,37)(H,34,39)/b12-8-/t20-,23+,24+,30-/m1/s1. The molecule has 242 valence electrons. The summed E-state index contributed by atoms with van der Waals surface area (Å²) in [6, 6.07) is 4.43. The summed E-state index contributed by atoms with van der Waals surface area (Å²) in [5.74, 6) is -2.22. The SMILES string of the molecule is CN(c1cccc(Cl)c1)S(=O)(=O)NC(=O)[C@@]12C[C@H]1/C=C\CCCCC[C@H](NC(=O)OC(C)(C)C)C(=O)N1CCC[C@H]1C(=O)N2. The summed E-state index contributed by atoms with van der Waals surface area (Å²) in [5, 5.41) is 5.84. The number of carbonyl (C=O) groups is 4. The van der Waals surface area contributed by atoms with E-state index >= 15 is 0 Å². The third-order valence-corrected chi connectivity index (χ3v) is 9.69. The van der Waals surface area contributed by atoms with E-state index in [2.05, 4.69) is 15.4 Å². The molecule has 1 aromatic rings. The first-order valence-electron chi connectivity index (χ1n) is 15.0. The highest BCUT2D eigenvalue weighted by Gasteiger charge is 2.61. The fourth-order valence-electron chi connectivity index (χ4n) is 5.63. The lowest BCUT2D eigenvalue weighted by atomic mass is 10.0. The highest BCUT2D eigenvalue weighted by atomic mass is 35.5. The number of hydrogen-bond acceptors (Lipinski definition) is 7. The van der Waals surface area contributed by atoms with Gasteiger partial charge in [-0.25, -0.2) is 9.52 Å². The highest BCUT2D eigenvalue weighted by Crippen LogP contribution is 2.45. The molecule has 2 heterocycles. The van der Waals surface area contributed by atoms with E-state index in [1.807, 2.05) is 12.2 Å². The molecule has 1 saturated heterocycles. The van der Waals surface area contributed by atoms with Crippen LogP contribution in [0.15, 0.2) is 36.4 Å². The van der Waals surface area contributed by atoms with E-state index in [1.54, 1.807) is 39.0 Å². The first-order valence-corrected chi connectivity index (χ1v) is 16.8. The molecule has 4 atom stereocenters. The molecule has 0 bridgehead atoms. The van der Waals surface area contributed by atoms with Crippen molar-refractivity contribution in [2.45, 2.75) is 95.4 Å². The van der Waals surface area contributed by atoms with E-state index in [4.69, 9.17) is 16.3 Å². The second-order valence-corrected chi connectivity index (χ2v) is 14.7. The second-order valence-electron chi connectivity index (χ2n) is 12.6. The molecule has 1 saturated carbocycles. The molecule has 44 heavy (non-hydrogen) atoms. The molecule has 12 nitrogen and oxygen atoms in total. The van der Waals surface area contributed by atoms with Crippen molar-refractivity contribution in [1.29, 1.82) is 0 Å². The van der Waals surface area contributed by atoms with Crippen LogP contribution in [0.25, 0.3) is 0 Å². The average molecular weight is 652 g/mol. The van der Waals surface area contributed by atoms with Gasteiger partial charge in [-0.3, -0.25) is 18.7 Å². The van der Waals surface area contributed by atoms with Crippen molar-refractivity contribution in [3.05, 3.63) is 41.4 Å². The fraction of sp³-hybridized carbons (Fsp3) is 0.600. The molecule has 0 radical (unpaired) electrons. The summed E-state index contributed by atoms with van der Waals surface area (Å²) in [4.78, 5) is 55.1. The molecule has 3 aliphatic rings. The van der Waals surface area contributed by atoms with Gasteiger partial charge in [0.2, 0.25) is 11.8 Å². The van der Waals surface area contributed by atoms with Crippen molar-refractivity contribution >= 4 is 51.3 Å². The maximum atomic E-state index is 13.7. The van der Waals surface area contributed by atoms with E-state index in [-0.39, 0.29) is 12.1 Å². The van der Waals surface area contributed by atoms with Crippen LogP contribution in [0.5, 0.6) is 0 Å². The maximum Gasteiger partial charge on any atom is 0.408 e. The van der Waals surface area contributed by atoms with E-state index < -0.39 is 63.2 Å². The zero-order chi connectivity index (χ0) is 32.3. The Hall–Kier alpha value is -3.32. The zero-order valence-corrected chi connectivity index (χ0v) is 27.2. The number of anilines is 1. The summed E-state index contributed by atoms with van der Waals surface area (Å²) < 4.78 is 34.8. The van der Waals surface area contributed by atoms with Gasteiger partial charge in [0.25, 0.3) is 5.91 Å². The van der Waals surface area contributed by atoms with Gasteiger partial charge in [0.05, 0.1) is 5.69 Å². The summed E-state index contributed by atoms with van der Waals surface area (Å²) in [6.07, 6.45) is 7.58. The summed E-state index contributed by atoms with van der Waals surface area (Å²) >= 11 is 6.03. The minimum absolute atomic E-state index is 0.209. The van der Waals surface area contributed by atoms with Crippen LogP contribution in [0.1, 0.15) is 72.1 Å². The minimum atomic E-state index is -4.35. The summed E-state index contributed by atoms with van der Waals surface area (Å²) in [5.41, 5.74) is -1.99. The number of rotatable bonds is 5. The van der Waals surface area contributed by atoms with Crippen molar-refractivity contribution in [3.63, 3.8) is 0 Å². The maximum absolute atomic E-state index is 13.7. The fourth-order valence-corrected chi connectivity index (χ4v) is 6.76. The third kappa shape index (κ3) is 8.03. The van der Waals surface area contributed by atoms with E-state index in [0.29, 0.717) is 43.7 Å².